The maximum absolute atomic E-state index is 12.5. The van der Waals surface area contributed by atoms with Crippen LogP contribution in [0.25, 0.3) is 0 Å². The quantitative estimate of drug-likeness (QED) is 0.655. The maximum Gasteiger partial charge on any atom is 0.243 e. The normalized spacial score (nSPS) is 11.3. The van der Waals surface area contributed by atoms with Crippen LogP contribution in [0.3, 0.4) is 0 Å². The Labute approximate surface area is 166 Å². The number of amides is 1. The zero-order valence-electron chi connectivity index (χ0n) is 16.3. The summed E-state index contributed by atoms with van der Waals surface area (Å²) in [5, 5.41) is 2.73. The molecular weight excluding hydrogens is 380 g/mol. The van der Waals surface area contributed by atoms with Crippen LogP contribution in [-0.4, -0.2) is 45.4 Å². The Balaban J connectivity index is 1.86. The molecule has 7 nitrogen and oxygen atoms in total. The Kier molecular flexibility index (Phi) is 7.83. The molecule has 0 aliphatic carbocycles. The Morgan fingerprint density at radius 3 is 2.07 bits per heavy atom. The van der Waals surface area contributed by atoms with Gasteiger partial charge in [0.2, 0.25) is 15.9 Å². The molecule has 1 amide bonds. The molecule has 0 unspecified atom stereocenters. The minimum Gasteiger partial charge on any atom is -0.497 e. The van der Waals surface area contributed by atoms with Crippen LogP contribution >= 0.6 is 0 Å². The summed E-state index contributed by atoms with van der Waals surface area (Å²) in [7, 11) is -1.92. The van der Waals surface area contributed by atoms with Gasteiger partial charge in [-0.05, 0) is 48.5 Å². The summed E-state index contributed by atoms with van der Waals surface area (Å²) in [6.45, 7) is 4.64. The van der Waals surface area contributed by atoms with Gasteiger partial charge in [-0.3, -0.25) is 4.79 Å². The monoisotopic (exact) mass is 406 g/mol. The molecule has 0 fully saturated rings. The number of ether oxygens (including phenoxy) is 2. The molecule has 0 heterocycles. The Bertz CT molecular complexity index is 860. The van der Waals surface area contributed by atoms with Gasteiger partial charge in [-0.1, -0.05) is 13.8 Å². The predicted molar refractivity (Wildman–Crippen MR) is 108 cm³/mol. The molecule has 0 atom stereocenters. The largest absolute Gasteiger partial charge is 0.497 e. The lowest BCUT2D eigenvalue weighted by atomic mass is 10.3. The first-order valence-electron chi connectivity index (χ1n) is 9.07. The van der Waals surface area contributed by atoms with Crippen LogP contribution in [0, 0.1) is 0 Å². The topological polar surface area (TPSA) is 84.9 Å². The van der Waals surface area contributed by atoms with Crippen molar-refractivity contribution in [2.24, 2.45) is 0 Å². The van der Waals surface area contributed by atoms with Crippen LogP contribution in [0.4, 0.5) is 5.69 Å². The average molecular weight is 407 g/mol. The summed E-state index contributed by atoms with van der Waals surface area (Å²) in [6.07, 6.45) is 0.172. The third-order valence-corrected chi connectivity index (χ3v) is 6.20. The molecular formula is C20H26N2O5S. The number of methoxy groups -OCH3 is 1. The van der Waals surface area contributed by atoms with Crippen molar-refractivity contribution in [2.75, 3.05) is 32.1 Å². The van der Waals surface area contributed by atoms with E-state index in [0.717, 1.165) is 5.75 Å². The summed E-state index contributed by atoms with van der Waals surface area (Å²) in [5.41, 5.74) is 0.535. The van der Waals surface area contributed by atoms with Crippen molar-refractivity contribution in [1.82, 2.24) is 4.31 Å². The van der Waals surface area contributed by atoms with E-state index in [2.05, 4.69) is 5.32 Å². The first-order chi connectivity index (χ1) is 13.4. The van der Waals surface area contributed by atoms with E-state index in [1.807, 2.05) is 0 Å². The Hall–Kier alpha value is -2.58. The van der Waals surface area contributed by atoms with Gasteiger partial charge in [0, 0.05) is 18.8 Å². The molecule has 28 heavy (non-hydrogen) atoms. The Morgan fingerprint density at radius 2 is 1.54 bits per heavy atom. The molecule has 0 saturated carbocycles. The molecule has 0 aliphatic rings. The van der Waals surface area contributed by atoms with Gasteiger partial charge in [0.1, 0.15) is 11.5 Å². The highest BCUT2D eigenvalue weighted by molar-refractivity contribution is 7.89. The number of nitrogens with zero attached hydrogens (tertiary/aromatic N) is 1. The van der Waals surface area contributed by atoms with Crippen LogP contribution in [0.2, 0.25) is 0 Å². The minimum atomic E-state index is -3.50. The number of carbonyl (C=O) groups is 1. The second kappa shape index (κ2) is 10.1. The standard InChI is InChI=1S/C20H26N2O5S/c1-4-22(5-2)28(24,25)19-12-6-16(7-13-19)21-20(23)14-15-27-18-10-8-17(26-3)9-11-18/h6-13H,4-5,14-15H2,1-3H3,(H,21,23). The van der Waals surface area contributed by atoms with Gasteiger partial charge in [-0.15, -0.1) is 0 Å². The first-order valence-corrected chi connectivity index (χ1v) is 10.5. The van der Waals surface area contributed by atoms with Crippen molar-refractivity contribution >= 4 is 21.6 Å². The van der Waals surface area contributed by atoms with Crippen LogP contribution in [0.15, 0.2) is 53.4 Å². The van der Waals surface area contributed by atoms with Gasteiger partial charge in [0.05, 0.1) is 25.0 Å². The smallest absolute Gasteiger partial charge is 0.243 e. The van der Waals surface area contributed by atoms with E-state index in [1.165, 1.54) is 16.4 Å². The number of sulfonamides is 1. The third kappa shape index (κ3) is 5.71. The minimum absolute atomic E-state index is 0.172. The highest BCUT2D eigenvalue weighted by atomic mass is 32.2. The van der Waals surface area contributed by atoms with E-state index >= 15 is 0 Å². The zero-order chi connectivity index (χ0) is 20.6. The number of carbonyl (C=O) groups excluding carboxylic acids is 1. The molecule has 2 rings (SSSR count). The maximum atomic E-state index is 12.5. The summed E-state index contributed by atoms with van der Waals surface area (Å²) >= 11 is 0. The van der Waals surface area contributed by atoms with Crippen LogP contribution in [0.5, 0.6) is 11.5 Å². The highest BCUT2D eigenvalue weighted by Gasteiger charge is 2.21. The molecule has 0 aromatic heterocycles. The van der Waals surface area contributed by atoms with Crippen molar-refractivity contribution < 1.29 is 22.7 Å². The van der Waals surface area contributed by atoms with Crippen LogP contribution < -0.4 is 14.8 Å². The fraction of sp³-hybridized carbons (Fsp3) is 0.350. The van der Waals surface area contributed by atoms with Crippen LogP contribution in [-0.2, 0) is 14.8 Å². The molecule has 2 aromatic carbocycles. The molecule has 1 N–H and O–H groups in total. The van der Waals surface area contributed by atoms with Crippen LogP contribution in [0.1, 0.15) is 20.3 Å². The second-order valence-corrected chi connectivity index (χ2v) is 7.87. The molecule has 0 radical (unpaired) electrons. The van der Waals surface area contributed by atoms with Gasteiger partial charge in [0.15, 0.2) is 0 Å². The number of hydrogen-bond donors (Lipinski definition) is 1. The first kappa shape index (κ1) is 21.7. The summed E-state index contributed by atoms with van der Waals surface area (Å²) < 4.78 is 36.9. The van der Waals surface area contributed by atoms with E-state index in [1.54, 1.807) is 57.4 Å². The van der Waals surface area contributed by atoms with E-state index < -0.39 is 10.0 Å². The molecule has 0 saturated heterocycles. The fourth-order valence-corrected chi connectivity index (χ4v) is 4.04. The predicted octanol–water partition coefficient (Wildman–Crippen LogP) is 3.13. The number of anilines is 1. The molecule has 0 spiro atoms. The molecule has 152 valence electrons. The number of hydrogen-bond acceptors (Lipinski definition) is 5. The number of benzene rings is 2. The Morgan fingerprint density at radius 1 is 0.964 bits per heavy atom. The molecule has 8 heteroatoms. The lowest BCUT2D eigenvalue weighted by Crippen LogP contribution is -2.30. The van der Waals surface area contributed by atoms with E-state index in [-0.39, 0.29) is 23.8 Å². The molecule has 0 aliphatic heterocycles. The molecule has 2 aromatic rings. The van der Waals surface area contributed by atoms with Gasteiger partial charge in [-0.25, -0.2) is 8.42 Å². The molecule has 0 bridgehead atoms. The zero-order valence-corrected chi connectivity index (χ0v) is 17.2. The van der Waals surface area contributed by atoms with Crippen molar-refractivity contribution in [2.45, 2.75) is 25.2 Å². The van der Waals surface area contributed by atoms with Gasteiger partial charge in [0.25, 0.3) is 0 Å². The summed E-state index contributed by atoms with van der Waals surface area (Å²) in [6, 6.07) is 13.3. The van der Waals surface area contributed by atoms with E-state index in [0.29, 0.717) is 24.5 Å². The number of nitrogens with one attached hydrogen (secondary N) is 1. The summed E-state index contributed by atoms with van der Waals surface area (Å²) in [4.78, 5) is 12.3. The fourth-order valence-electron chi connectivity index (χ4n) is 2.58. The summed E-state index contributed by atoms with van der Waals surface area (Å²) in [5.74, 6) is 1.17. The average Bonchev–Trinajstić information content (AvgIpc) is 2.69. The van der Waals surface area contributed by atoms with Crippen molar-refractivity contribution in [3.8, 4) is 11.5 Å². The van der Waals surface area contributed by atoms with Crippen molar-refractivity contribution in [3.05, 3.63) is 48.5 Å². The number of rotatable bonds is 10. The van der Waals surface area contributed by atoms with Gasteiger partial charge in [-0.2, -0.15) is 4.31 Å². The highest BCUT2D eigenvalue weighted by Crippen LogP contribution is 2.19. The van der Waals surface area contributed by atoms with Gasteiger partial charge >= 0.3 is 0 Å². The third-order valence-electron chi connectivity index (χ3n) is 4.14. The SMILES string of the molecule is CCN(CC)S(=O)(=O)c1ccc(NC(=O)CCOc2ccc(OC)cc2)cc1. The lowest BCUT2D eigenvalue weighted by molar-refractivity contribution is -0.116. The van der Waals surface area contributed by atoms with Crippen molar-refractivity contribution in [3.63, 3.8) is 0 Å². The van der Waals surface area contributed by atoms with Gasteiger partial charge < -0.3 is 14.8 Å². The van der Waals surface area contributed by atoms with Crippen molar-refractivity contribution in [1.29, 1.82) is 0 Å². The van der Waals surface area contributed by atoms with E-state index in [9.17, 15) is 13.2 Å². The second-order valence-electron chi connectivity index (χ2n) is 5.94. The lowest BCUT2D eigenvalue weighted by Gasteiger charge is -2.18. The van der Waals surface area contributed by atoms with E-state index in [4.69, 9.17) is 9.47 Å².